The quantitative estimate of drug-likeness (QED) is 0.578. The number of hydrogen-bond acceptors (Lipinski definition) is 5. The van der Waals surface area contributed by atoms with Gasteiger partial charge in [-0.2, -0.15) is 0 Å². The van der Waals surface area contributed by atoms with Gasteiger partial charge >= 0.3 is 0 Å². The first-order chi connectivity index (χ1) is 13.6. The van der Waals surface area contributed by atoms with Crippen molar-refractivity contribution >= 4 is 27.5 Å². The van der Waals surface area contributed by atoms with E-state index >= 15 is 0 Å². The van der Waals surface area contributed by atoms with Gasteiger partial charge in [0.1, 0.15) is 17.1 Å². The average molecular weight is 400 g/mol. The minimum absolute atomic E-state index is 0.0136. The lowest BCUT2D eigenvalue weighted by molar-refractivity contribution is -0.132. The number of thiophene rings is 1. The molecule has 148 valence electrons. The Bertz CT molecular complexity index is 1000. The molecular weight excluding hydrogens is 374 g/mol. The highest BCUT2D eigenvalue weighted by atomic mass is 32.1. The third kappa shape index (κ3) is 4.09. The number of methoxy groups -OCH3 is 1. The molecule has 3 rings (SSSR count). The van der Waals surface area contributed by atoms with Gasteiger partial charge < -0.3 is 9.64 Å². The van der Waals surface area contributed by atoms with Gasteiger partial charge in [-0.25, -0.2) is 4.98 Å². The van der Waals surface area contributed by atoms with Crippen LogP contribution in [0.1, 0.15) is 26.7 Å². The molecule has 0 unspecified atom stereocenters. The first-order valence-corrected chi connectivity index (χ1v) is 10.4. The van der Waals surface area contributed by atoms with Crippen LogP contribution in [-0.2, 0) is 11.3 Å². The summed E-state index contributed by atoms with van der Waals surface area (Å²) in [6, 6.07) is 7.58. The number of ether oxygens (including phenoxy) is 1. The lowest BCUT2D eigenvalue weighted by Gasteiger charge is -2.21. The minimum Gasteiger partial charge on any atom is -0.497 e. The fraction of sp³-hybridized carbons (Fsp3) is 0.381. The SMILES string of the molecule is CCCN(CCC)C(=O)Cn1cnc2scc(-c3ccc(OC)cc3)c2c1=O. The Labute approximate surface area is 168 Å². The van der Waals surface area contributed by atoms with Gasteiger partial charge in [0.25, 0.3) is 5.56 Å². The molecule has 1 aromatic carbocycles. The second-order valence-electron chi connectivity index (χ2n) is 6.62. The van der Waals surface area contributed by atoms with Gasteiger partial charge in [0, 0.05) is 24.0 Å². The molecule has 1 amide bonds. The van der Waals surface area contributed by atoms with Gasteiger partial charge in [-0.3, -0.25) is 14.2 Å². The number of benzene rings is 1. The second-order valence-corrected chi connectivity index (χ2v) is 7.47. The second kappa shape index (κ2) is 9.01. The maximum absolute atomic E-state index is 13.1. The summed E-state index contributed by atoms with van der Waals surface area (Å²) < 4.78 is 6.62. The van der Waals surface area contributed by atoms with E-state index < -0.39 is 0 Å². The van der Waals surface area contributed by atoms with Crippen LogP contribution in [0.3, 0.4) is 0 Å². The number of aromatic nitrogens is 2. The summed E-state index contributed by atoms with van der Waals surface area (Å²) in [6.45, 7) is 5.50. The molecule has 0 saturated heterocycles. The van der Waals surface area contributed by atoms with Crippen LogP contribution in [0.15, 0.2) is 40.8 Å². The summed E-state index contributed by atoms with van der Waals surface area (Å²) in [5.74, 6) is 0.713. The Morgan fingerprint density at radius 3 is 2.46 bits per heavy atom. The summed E-state index contributed by atoms with van der Waals surface area (Å²) in [7, 11) is 1.62. The highest BCUT2D eigenvalue weighted by Crippen LogP contribution is 2.31. The Morgan fingerprint density at radius 1 is 1.18 bits per heavy atom. The lowest BCUT2D eigenvalue weighted by atomic mass is 10.1. The van der Waals surface area contributed by atoms with E-state index in [1.54, 1.807) is 7.11 Å². The minimum atomic E-state index is -0.182. The van der Waals surface area contributed by atoms with Crippen molar-refractivity contribution in [3.05, 3.63) is 46.3 Å². The Kier molecular flexibility index (Phi) is 6.46. The molecule has 2 heterocycles. The molecule has 0 aliphatic heterocycles. The van der Waals surface area contributed by atoms with Crippen molar-refractivity contribution in [1.82, 2.24) is 14.5 Å². The Morgan fingerprint density at radius 2 is 1.86 bits per heavy atom. The van der Waals surface area contributed by atoms with Crippen molar-refractivity contribution in [3.63, 3.8) is 0 Å². The van der Waals surface area contributed by atoms with Crippen molar-refractivity contribution in [1.29, 1.82) is 0 Å². The summed E-state index contributed by atoms with van der Waals surface area (Å²) in [6.07, 6.45) is 3.26. The molecule has 0 fully saturated rings. The molecule has 0 radical (unpaired) electrons. The van der Waals surface area contributed by atoms with E-state index in [0.29, 0.717) is 23.3 Å². The van der Waals surface area contributed by atoms with Gasteiger partial charge in [0.15, 0.2) is 0 Å². The van der Waals surface area contributed by atoms with Gasteiger partial charge in [-0.05, 0) is 30.5 Å². The van der Waals surface area contributed by atoms with Crippen LogP contribution in [0.25, 0.3) is 21.3 Å². The fourth-order valence-electron chi connectivity index (χ4n) is 3.21. The maximum atomic E-state index is 13.1. The standard InChI is InChI=1S/C21H25N3O3S/c1-4-10-23(11-5-2)18(25)12-24-14-22-20-19(21(24)26)17(13-28-20)15-6-8-16(27-3)9-7-15/h6-9,13-14H,4-5,10-12H2,1-3H3. The number of amides is 1. The largest absolute Gasteiger partial charge is 0.497 e. The topological polar surface area (TPSA) is 64.4 Å². The molecule has 0 saturated carbocycles. The summed E-state index contributed by atoms with van der Waals surface area (Å²) in [5, 5.41) is 2.50. The van der Waals surface area contributed by atoms with Crippen molar-refractivity contribution in [2.24, 2.45) is 0 Å². The zero-order valence-electron chi connectivity index (χ0n) is 16.5. The van der Waals surface area contributed by atoms with Crippen LogP contribution in [0.2, 0.25) is 0 Å². The predicted octanol–water partition coefficient (Wildman–Crippen LogP) is 3.78. The molecule has 0 aliphatic rings. The number of rotatable bonds is 8. The monoisotopic (exact) mass is 399 g/mol. The zero-order valence-corrected chi connectivity index (χ0v) is 17.3. The first-order valence-electron chi connectivity index (χ1n) is 9.47. The van der Waals surface area contributed by atoms with Crippen molar-refractivity contribution in [3.8, 4) is 16.9 Å². The molecule has 0 spiro atoms. The number of fused-ring (bicyclic) bond motifs is 1. The van der Waals surface area contributed by atoms with Crippen LogP contribution in [-0.4, -0.2) is 40.6 Å². The highest BCUT2D eigenvalue weighted by molar-refractivity contribution is 7.17. The molecule has 7 heteroatoms. The van der Waals surface area contributed by atoms with E-state index in [1.807, 2.05) is 48.4 Å². The van der Waals surface area contributed by atoms with Gasteiger partial charge in [0.05, 0.1) is 18.8 Å². The van der Waals surface area contributed by atoms with Gasteiger partial charge in [-0.15, -0.1) is 11.3 Å². The lowest BCUT2D eigenvalue weighted by Crippen LogP contribution is -2.37. The van der Waals surface area contributed by atoms with Gasteiger partial charge in [0.2, 0.25) is 5.91 Å². The average Bonchev–Trinajstić information content (AvgIpc) is 3.15. The first kappa shape index (κ1) is 20.1. The molecule has 28 heavy (non-hydrogen) atoms. The summed E-state index contributed by atoms with van der Waals surface area (Å²) >= 11 is 1.43. The van der Waals surface area contributed by atoms with E-state index in [1.165, 1.54) is 22.2 Å². The number of nitrogens with zero attached hydrogens (tertiary/aromatic N) is 3. The van der Waals surface area contributed by atoms with Crippen LogP contribution in [0.4, 0.5) is 0 Å². The van der Waals surface area contributed by atoms with Crippen LogP contribution in [0.5, 0.6) is 5.75 Å². The molecule has 2 aromatic heterocycles. The normalized spacial score (nSPS) is 11.0. The van der Waals surface area contributed by atoms with E-state index in [4.69, 9.17) is 4.74 Å². The maximum Gasteiger partial charge on any atom is 0.263 e. The third-order valence-corrected chi connectivity index (χ3v) is 5.49. The van der Waals surface area contributed by atoms with E-state index in [9.17, 15) is 9.59 Å². The Balaban J connectivity index is 1.96. The van der Waals surface area contributed by atoms with Crippen LogP contribution < -0.4 is 10.3 Å². The highest BCUT2D eigenvalue weighted by Gasteiger charge is 2.17. The van der Waals surface area contributed by atoms with Crippen LogP contribution >= 0.6 is 11.3 Å². The van der Waals surface area contributed by atoms with E-state index in [0.717, 1.165) is 29.7 Å². The third-order valence-electron chi connectivity index (χ3n) is 4.61. The van der Waals surface area contributed by atoms with Crippen molar-refractivity contribution < 1.29 is 9.53 Å². The van der Waals surface area contributed by atoms with E-state index in [2.05, 4.69) is 4.98 Å². The van der Waals surface area contributed by atoms with Crippen molar-refractivity contribution in [2.75, 3.05) is 20.2 Å². The zero-order chi connectivity index (χ0) is 20.1. The molecule has 6 nitrogen and oxygen atoms in total. The number of carbonyl (C=O) groups is 1. The molecule has 0 bridgehead atoms. The number of hydrogen-bond donors (Lipinski definition) is 0. The predicted molar refractivity (Wildman–Crippen MR) is 113 cm³/mol. The fourth-order valence-corrected chi connectivity index (χ4v) is 4.12. The molecule has 0 aliphatic carbocycles. The summed E-state index contributed by atoms with van der Waals surface area (Å²) in [4.78, 5) is 32.7. The molecule has 0 atom stereocenters. The molecular formula is C21H25N3O3S. The van der Waals surface area contributed by atoms with Gasteiger partial charge in [-0.1, -0.05) is 26.0 Å². The smallest absolute Gasteiger partial charge is 0.263 e. The molecule has 0 N–H and O–H groups in total. The number of carbonyl (C=O) groups excluding carboxylic acids is 1. The summed E-state index contributed by atoms with van der Waals surface area (Å²) in [5.41, 5.74) is 1.58. The van der Waals surface area contributed by atoms with Crippen LogP contribution in [0, 0.1) is 0 Å². The van der Waals surface area contributed by atoms with Crippen molar-refractivity contribution in [2.45, 2.75) is 33.2 Å². The Hall–Kier alpha value is -2.67. The molecule has 3 aromatic rings. The van der Waals surface area contributed by atoms with E-state index in [-0.39, 0.29) is 18.0 Å².